The third-order valence-corrected chi connectivity index (χ3v) is 6.60. The Hall–Kier alpha value is -2.67. The topological polar surface area (TPSA) is 78.5 Å². The van der Waals surface area contributed by atoms with E-state index in [1.54, 1.807) is 11.3 Å². The lowest BCUT2D eigenvalue weighted by atomic mass is 9.84. The van der Waals surface area contributed by atoms with Gasteiger partial charge in [-0.25, -0.2) is 4.79 Å². The van der Waals surface area contributed by atoms with E-state index < -0.39 is 11.6 Å². The Kier molecular flexibility index (Phi) is 4.93. The molecule has 4 amide bonds. The molecule has 2 aromatic rings. The summed E-state index contributed by atoms with van der Waals surface area (Å²) in [6.07, 6.45) is 3.26. The van der Waals surface area contributed by atoms with Gasteiger partial charge in [0.15, 0.2) is 0 Å². The third-order valence-electron chi connectivity index (χ3n) is 5.55. The Morgan fingerprint density at radius 3 is 2.86 bits per heavy atom. The molecule has 28 heavy (non-hydrogen) atoms. The van der Waals surface area contributed by atoms with Crippen molar-refractivity contribution >= 4 is 29.2 Å². The number of rotatable bonds is 4. The summed E-state index contributed by atoms with van der Waals surface area (Å²) in [5.74, 6) is -0.672. The largest absolute Gasteiger partial charge is 0.347 e. The molecule has 2 aliphatic rings. The van der Waals surface area contributed by atoms with E-state index in [1.165, 1.54) is 0 Å². The number of hydrogen-bond acceptors (Lipinski definition) is 4. The predicted octanol–water partition coefficient (Wildman–Crippen LogP) is 3.10. The quantitative estimate of drug-likeness (QED) is 0.778. The maximum Gasteiger partial charge on any atom is 0.325 e. The van der Waals surface area contributed by atoms with Crippen LogP contribution in [0.4, 0.5) is 4.79 Å². The average molecular weight is 398 g/mol. The SMILES string of the molecule is CC(NC(=O)CN1C(=O)NC2(CCCCc3ccccc32)C1=O)c1cccs1. The van der Waals surface area contributed by atoms with Crippen LogP contribution in [-0.2, 0) is 21.5 Å². The van der Waals surface area contributed by atoms with Crippen molar-refractivity contribution in [2.75, 3.05) is 6.54 Å². The molecule has 0 radical (unpaired) electrons. The van der Waals surface area contributed by atoms with E-state index in [0.717, 1.165) is 40.2 Å². The van der Waals surface area contributed by atoms with Gasteiger partial charge in [0.2, 0.25) is 5.91 Å². The highest BCUT2D eigenvalue weighted by Gasteiger charge is 2.53. The molecule has 1 saturated heterocycles. The number of thiophene rings is 1. The minimum atomic E-state index is -1.05. The van der Waals surface area contributed by atoms with Crippen molar-refractivity contribution in [3.05, 3.63) is 57.8 Å². The number of fused-ring (bicyclic) bond motifs is 2. The van der Waals surface area contributed by atoms with Crippen molar-refractivity contribution in [2.24, 2.45) is 0 Å². The number of hydrogen-bond donors (Lipinski definition) is 2. The van der Waals surface area contributed by atoms with E-state index in [0.29, 0.717) is 6.42 Å². The first-order chi connectivity index (χ1) is 13.5. The lowest BCUT2D eigenvalue weighted by Crippen LogP contribution is -2.45. The van der Waals surface area contributed by atoms with Gasteiger partial charge in [0.25, 0.3) is 5.91 Å². The van der Waals surface area contributed by atoms with Gasteiger partial charge in [0.1, 0.15) is 12.1 Å². The average Bonchev–Trinajstić information content (AvgIpc) is 3.24. The first kappa shape index (κ1) is 18.7. The number of nitrogens with zero attached hydrogens (tertiary/aromatic N) is 1. The van der Waals surface area contributed by atoms with Crippen LogP contribution in [0.3, 0.4) is 0 Å². The van der Waals surface area contributed by atoms with Gasteiger partial charge in [-0.15, -0.1) is 11.3 Å². The number of amides is 4. The van der Waals surface area contributed by atoms with Crippen LogP contribution in [0.25, 0.3) is 0 Å². The summed E-state index contributed by atoms with van der Waals surface area (Å²) < 4.78 is 0. The molecule has 1 aromatic carbocycles. The van der Waals surface area contributed by atoms with Gasteiger partial charge in [-0.2, -0.15) is 0 Å². The zero-order valence-electron chi connectivity index (χ0n) is 15.7. The van der Waals surface area contributed by atoms with E-state index in [9.17, 15) is 14.4 Å². The van der Waals surface area contributed by atoms with Crippen LogP contribution < -0.4 is 10.6 Å². The number of benzene rings is 1. The van der Waals surface area contributed by atoms with E-state index in [1.807, 2.05) is 48.7 Å². The first-order valence-electron chi connectivity index (χ1n) is 9.56. The van der Waals surface area contributed by atoms with Crippen molar-refractivity contribution < 1.29 is 14.4 Å². The monoisotopic (exact) mass is 397 g/mol. The molecule has 0 bridgehead atoms. The second-order valence-electron chi connectivity index (χ2n) is 7.40. The highest BCUT2D eigenvalue weighted by atomic mass is 32.1. The third kappa shape index (κ3) is 3.20. The fourth-order valence-corrected chi connectivity index (χ4v) is 4.89. The van der Waals surface area contributed by atoms with Gasteiger partial charge in [0, 0.05) is 4.88 Å². The smallest absolute Gasteiger partial charge is 0.325 e. The fourth-order valence-electron chi connectivity index (χ4n) is 4.16. The molecule has 4 rings (SSSR count). The van der Waals surface area contributed by atoms with Crippen molar-refractivity contribution in [1.29, 1.82) is 0 Å². The predicted molar refractivity (Wildman–Crippen MR) is 107 cm³/mol. The molecule has 7 heteroatoms. The molecule has 146 valence electrons. The summed E-state index contributed by atoms with van der Waals surface area (Å²) in [4.78, 5) is 40.6. The van der Waals surface area contributed by atoms with Gasteiger partial charge in [0.05, 0.1) is 6.04 Å². The van der Waals surface area contributed by atoms with E-state index in [4.69, 9.17) is 0 Å². The minimum Gasteiger partial charge on any atom is -0.347 e. The molecular weight excluding hydrogens is 374 g/mol. The summed E-state index contributed by atoms with van der Waals surface area (Å²) in [5, 5.41) is 7.73. The highest BCUT2D eigenvalue weighted by Crippen LogP contribution is 2.38. The van der Waals surface area contributed by atoms with Gasteiger partial charge in [-0.3, -0.25) is 14.5 Å². The molecule has 2 unspecified atom stereocenters. The molecular formula is C21H23N3O3S. The normalized spacial score (nSPS) is 22.5. The lowest BCUT2D eigenvalue weighted by molar-refractivity contribution is -0.135. The van der Waals surface area contributed by atoms with Gasteiger partial charge in [-0.1, -0.05) is 30.3 Å². The molecule has 1 fully saturated rings. The van der Waals surface area contributed by atoms with E-state index >= 15 is 0 Å². The number of urea groups is 1. The zero-order valence-corrected chi connectivity index (χ0v) is 16.6. The maximum absolute atomic E-state index is 13.3. The Morgan fingerprint density at radius 2 is 2.07 bits per heavy atom. The van der Waals surface area contributed by atoms with E-state index in [2.05, 4.69) is 10.6 Å². The van der Waals surface area contributed by atoms with Crippen molar-refractivity contribution in [2.45, 2.75) is 44.2 Å². The zero-order chi connectivity index (χ0) is 19.7. The Labute approximate surface area is 167 Å². The van der Waals surface area contributed by atoms with Crippen LogP contribution >= 0.6 is 11.3 Å². The summed E-state index contributed by atoms with van der Waals surface area (Å²) in [5.41, 5.74) is 0.899. The second kappa shape index (κ2) is 7.39. The molecule has 0 saturated carbocycles. The van der Waals surface area contributed by atoms with Crippen LogP contribution in [0.1, 0.15) is 48.2 Å². The number of nitrogens with one attached hydrogen (secondary N) is 2. The van der Waals surface area contributed by atoms with Gasteiger partial charge in [-0.05, 0) is 55.2 Å². The van der Waals surface area contributed by atoms with Crippen LogP contribution in [0.15, 0.2) is 41.8 Å². The van der Waals surface area contributed by atoms with Gasteiger partial charge < -0.3 is 10.6 Å². The van der Waals surface area contributed by atoms with Crippen LogP contribution in [0, 0.1) is 0 Å². The molecule has 1 aromatic heterocycles. The Balaban J connectivity index is 1.54. The molecule has 1 aliphatic carbocycles. The van der Waals surface area contributed by atoms with Crippen LogP contribution in [0.2, 0.25) is 0 Å². The van der Waals surface area contributed by atoms with Crippen molar-refractivity contribution in [3.63, 3.8) is 0 Å². The summed E-state index contributed by atoms with van der Waals surface area (Å²) in [6.45, 7) is 1.61. The summed E-state index contributed by atoms with van der Waals surface area (Å²) >= 11 is 1.55. The maximum atomic E-state index is 13.3. The van der Waals surface area contributed by atoms with Crippen molar-refractivity contribution in [1.82, 2.24) is 15.5 Å². The standard InChI is InChI=1S/C21H23N3O3S/c1-14(17-10-6-12-28-17)22-18(25)13-24-19(26)21(23-20(24)27)11-5-4-8-15-7-2-3-9-16(15)21/h2-3,6-7,9-10,12,14H,4-5,8,11,13H2,1H3,(H,22,25)(H,23,27). The van der Waals surface area contributed by atoms with Crippen LogP contribution in [0.5, 0.6) is 0 Å². The number of carbonyl (C=O) groups is 3. The Bertz CT molecular complexity index is 911. The molecule has 6 nitrogen and oxygen atoms in total. The number of imide groups is 1. The summed E-state index contributed by atoms with van der Waals surface area (Å²) in [6, 6.07) is 11.0. The minimum absolute atomic E-state index is 0.166. The highest BCUT2D eigenvalue weighted by molar-refractivity contribution is 7.10. The van der Waals surface area contributed by atoms with Crippen LogP contribution in [-0.4, -0.2) is 29.3 Å². The molecule has 2 atom stereocenters. The summed E-state index contributed by atoms with van der Waals surface area (Å²) in [7, 11) is 0. The molecule has 1 aliphatic heterocycles. The van der Waals surface area contributed by atoms with Crippen molar-refractivity contribution in [3.8, 4) is 0 Å². The van der Waals surface area contributed by atoms with E-state index in [-0.39, 0.29) is 24.4 Å². The molecule has 2 heterocycles. The molecule has 2 N–H and O–H groups in total. The fraction of sp³-hybridized carbons (Fsp3) is 0.381. The lowest BCUT2D eigenvalue weighted by Gasteiger charge is -2.27. The van der Waals surface area contributed by atoms with Gasteiger partial charge >= 0.3 is 6.03 Å². The first-order valence-corrected chi connectivity index (χ1v) is 10.4. The number of carbonyl (C=O) groups excluding carboxylic acids is 3. The second-order valence-corrected chi connectivity index (χ2v) is 8.37. The molecule has 1 spiro atoms. The Morgan fingerprint density at radius 1 is 1.25 bits per heavy atom. The number of aryl methyl sites for hydroxylation is 1.